The molecule has 0 aliphatic carbocycles. The van der Waals surface area contributed by atoms with Crippen molar-refractivity contribution in [3.05, 3.63) is 0 Å². The Labute approximate surface area is 75.4 Å². The molecule has 0 aromatic carbocycles. The van der Waals surface area contributed by atoms with Gasteiger partial charge in [0.05, 0.1) is 6.10 Å². The molecule has 2 N–H and O–H groups in total. The molecule has 1 aliphatic heterocycles. The van der Waals surface area contributed by atoms with Crippen LogP contribution in [0.4, 0.5) is 0 Å². The summed E-state index contributed by atoms with van der Waals surface area (Å²) in [6, 6.07) is 0.351. The van der Waals surface area contributed by atoms with Crippen LogP contribution < -0.4 is 5.32 Å². The average molecular weight is 171 g/mol. The van der Waals surface area contributed by atoms with Crippen LogP contribution in [0.25, 0.3) is 0 Å². The van der Waals surface area contributed by atoms with Gasteiger partial charge in [0.1, 0.15) is 0 Å². The van der Waals surface area contributed by atoms with Crippen molar-refractivity contribution in [1.29, 1.82) is 0 Å². The molecule has 12 heavy (non-hydrogen) atoms. The molecule has 1 rings (SSSR count). The third-order valence-corrected chi connectivity index (χ3v) is 2.38. The van der Waals surface area contributed by atoms with Crippen LogP contribution in [0.5, 0.6) is 0 Å². The molecule has 0 spiro atoms. The zero-order valence-electron chi connectivity index (χ0n) is 8.43. The summed E-state index contributed by atoms with van der Waals surface area (Å²) in [5.74, 6) is 0. The number of aliphatic hydroxyl groups excluding tert-OH is 1. The molecule has 0 bridgehead atoms. The normalized spacial score (nSPS) is 27.5. The van der Waals surface area contributed by atoms with E-state index in [9.17, 15) is 5.11 Å². The molecule has 0 saturated carbocycles. The van der Waals surface area contributed by atoms with Crippen LogP contribution in [-0.4, -0.2) is 23.8 Å². The van der Waals surface area contributed by atoms with Crippen molar-refractivity contribution < 1.29 is 5.11 Å². The summed E-state index contributed by atoms with van der Waals surface area (Å²) in [7, 11) is 0. The van der Waals surface area contributed by atoms with Gasteiger partial charge in [0, 0.05) is 6.04 Å². The largest absolute Gasteiger partial charge is 0.391 e. The van der Waals surface area contributed by atoms with E-state index in [0.29, 0.717) is 6.04 Å². The van der Waals surface area contributed by atoms with E-state index in [2.05, 4.69) is 26.1 Å². The number of nitrogens with one attached hydrogen (secondary N) is 1. The summed E-state index contributed by atoms with van der Waals surface area (Å²) in [4.78, 5) is 0. The van der Waals surface area contributed by atoms with E-state index >= 15 is 0 Å². The third kappa shape index (κ3) is 3.11. The van der Waals surface area contributed by atoms with Gasteiger partial charge in [-0.1, -0.05) is 20.8 Å². The van der Waals surface area contributed by atoms with Gasteiger partial charge in [-0.25, -0.2) is 0 Å². The van der Waals surface area contributed by atoms with Crippen LogP contribution in [0.2, 0.25) is 0 Å². The Hall–Kier alpha value is -0.0800. The van der Waals surface area contributed by atoms with Gasteiger partial charge < -0.3 is 10.4 Å². The molecule has 72 valence electrons. The number of hydrogen-bond acceptors (Lipinski definition) is 2. The zero-order valence-corrected chi connectivity index (χ0v) is 8.43. The van der Waals surface area contributed by atoms with Crippen LogP contribution in [-0.2, 0) is 0 Å². The van der Waals surface area contributed by atoms with E-state index in [0.717, 1.165) is 19.4 Å². The summed E-state index contributed by atoms with van der Waals surface area (Å²) in [5, 5.41) is 13.2. The quantitative estimate of drug-likeness (QED) is 0.660. The van der Waals surface area contributed by atoms with Gasteiger partial charge in [0.2, 0.25) is 0 Å². The van der Waals surface area contributed by atoms with Crippen molar-refractivity contribution in [2.75, 3.05) is 6.54 Å². The predicted molar refractivity (Wildman–Crippen MR) is 51.1 cm³/mol. The first-order valence-corrected chi connectivity index (χ1v) is 4.90. The summed E-state index contributed by atoms with van der Waals surface area (Å²) in [6.45, 7) is 7.59. The standard InChI is InChI=1S/C10H21NO/c1-10(2,3)7-9(12)8-5-4-6-11-8/h8-9,11-12H,4-7H2,1-3H3. The highest BCUT2D eigenvalue weighted by molar-refractivity contribution is 4.83. The molecular formula is C10H21NO. The topological polar surface area (TPSA) is 32.3 Å². The van der Waals surface area contributed by atoms with Crippen molar-refractivity contribution in [2.24, 2.45) is 5.41 Å². The highest BCUT2D eigenvalue weighted by atomic mass is 16.3. The molecule has 0 aromatic heterocycles. The number of hydrogen-bond donors (Lipinski definition) is 2. The SMILES string of the molecule is CC(C)(C)CC(O)C1CCCN1. The van der Waals surface area contributed by atoms with Crippen LogP contribution >= 0.6 is 0 Å². The summed E-state index contributed by atoms with van der Waals surface area (Å²) in [5.41, 5.74) is 0.240. The molecule has 2 nitrogen and oxygen atoms in total. The van der Waals surface area contributed by atoms with Gasteiger partial charge in [0.25, 0.3) is 0 Å². The van der Waals surface area contributed by atoms with Crippen LogP contribution in [0.1, 0.15) is 40.0 Å². The molecule has 2 unspecified atom stereocenters. The third-order valence-electron chi connectivity index (χ3n) is 2.38. The highest BCUT2D eigenvalue weighted by Crippen LogP contribution is 2.24. The fourth-order valence-corrected chi connectivity index (χ4v) is 1.81. The second-order valence-corrected chi connectivity index (χ2v) is 5.03. The van der Waals surface area contributed by atoms with Gasteiger partial charge in [-0.15, -0.1) is 0 Å². The fourth-order valence-electron chi connectivity index (χ4n) is 1.81. The first-order chi connectivity index (χ1) is 5.49. The molecule has 1 aliphatic rings. The van der Waals surface area contributed by atoms with Crippen LogP contribution in [0.15, 0.2) is 0 Å². The summed E-state index contributed by atoms with van der Waals surface area (Å²) < 4.78 is 0. The van der Waals surface area contributed by atoms with Crippen molar-refractivity contribution in [1.82, 2.24) is 5.32 Å². The van der Waals surface area contributed by atoms with Gasteiger partial charge in [0.15, 0.2) is 0 Å². The Morgan fingerprint density at radius 3 is 2.58 bits per heavy atom. The second kappa shape index (κ2) is 3.75. The Morgan fingerprint density at radius 2 is 2.17 bits per heavy atom. The number of rotatable bonds is 2. The van der Waals surface area contributed by atoms with Gasteiger partial charge >= 0.3 is 0 Å². The van der Waals surface area contributed by atoms with Crippen molar-refractivity contribution in [3.8, 4) is 0 Å². The van der Waals surface area contributed by atoms with E-state index < -0.39 is 0 Å². The predicted octanol–water partition coefficient (Wildman–Crippen LogP) is 1.54. The van der Waals surface area contributed by atoms with Gasteiger partial charge in [-0.3, -0.25) is 0 Å². The van der Waals surface area contributed by atoms with Crippen LogP contribution in [0, 0.1) is 5.41 Å². The lowest BCUT2D eigenvalue weighted by Gasteiger charge is -2.26. The zero-order chi connectivity index (χ0) is 9.19. The lowest BCUT2D eigenvalue weighted by Crippen LogP contribution is -2.37. The maximum atomic E-state index is 9.82. The average Bonchev–Trinajstić information content (AvgIpc) is 2.32. The molecular weight excluding hydrogens is 150 g/mol. The smallest absolute Gasteiger partial charge is 0.0698 e. The fraction of sp³-hybridized carbons (Fsp3) is 1.00. The molecule has 1 saturated heterocycles. The minimum atomic E-state index is -0.160. The Balaban J connectivity index is 2.31. The lowest BCUT2D eigenvalue weighted by atomic mass is 9.86. The highest BCUT2D eigenvalue weighted by Gasteiger charge is 2.26. The van der Waals surface area contributed by atoms with Crippen molar-refractivity contribution in [2.45, 2.75) is 52.2 Å². The first-order valence-electron chi connectivity index (χ1n) is 4.90. The van der Waals surface area contributed by atoms with Gasteiger partial charge in [-0.05, 0) is 31.2 Å². The Morgan fingerprint density at radius 1 is 1.50 bits per heavy atom. The van der Waals surface area contributed by atoms with Gasteiger partial charge in [-0.2, -0.15) is 0 Å². The van der Waals surface area contributed by atoms with E-state index in [1.165, 1.54) is 6.42 Å². The molecule has 2 atom stereocenters. The summed E-state index contributed by atoms with van der Waals surface area (Å²) >= 11 is 0. The van der Waals surface area contributed by atoms with Crippen molar-refractivity contribution >= 4 is 0 Å². The lowest BCUT2D eigenvalue weighted by molar-refractivity contribution is 0.0899. The first kappa shape index (κ1) is 10.0. The van der Waals surface area contributed by atoms with E-state index in [1.807, 2.05) is 0 Å². The maximum absolute atomic E-state index is 9.82. The van der Waals surface area contributed by atoms with E-state index in [4.69, 9.17) is 0 Å². The molecule has 1 heterocycles. The second-order valence-electron chi connectivity index (χ2n) is 5.03. The van der Waals surface area contributed by atoms with E-state index in [1.54, 1.807) is 0 Å². The Kier molecular flexibility index (Phi) is 3.13. The minimum absolute atomic E-state index is 0.160. The minimum Gasteiger partial charge on any atom is -0.391 e. The molecule has 0 radical (unpaired) electrons. The monoisotopic (exact) mass is 171 g/mol. The molecule has 0 aromatic rings. The Bertz CT molecular complexity index is 133. The maximum Gasteiger partial charge on any atom is 0.0698 e. The van der Waals surface area contributed by atoms with Crippen molar-refractivity contribution in [3.63, 3.8) is 0 Å². The van der Waals surface area contributed by atoms with E-state index in [-0.39, 0.29) is 11.5 Å². The molecule has 2 heteroatoms. The molecule has 1 fully saturated rings. The number of aliphatic hydroxyl groups is 1. The van der Waals surface area contributed by atoms with Crippen LogP contribution in [0.3, 0.4) is 0 Å². The summed E-state index contributed by atoms with van der Waals surface area (Å²) in [6.07, 6.45) is 3.08. The molecule has 0 amide bonds.